The summed E-state index contributed by atoms with van der Waals surface area (Å²) in [5, 5.41) is 2.68. The highest BCUT2D eigenvalue weighted by Crippen LogP contribution is 2.35. The van der Waals surface area contributed by atoms with Crippen LogP contribution < -0.4 is 0 Å². The molecular weight excluding hydrogens is 216 g/mol. The van der Waals surface area contributed by atoms with E-state index in [9.17, 15) is 0 Å². The van der Waals surface area contributed by atoms with Crippen molar-refractivity contribution >= 4 is 16.8 Å². The molecule has 0 N–H and O–H groups in total. The molecule has 0 unspecified atom stereocenters. The van der Waals surface area contributed by atoms with Crippen molar-refractivity contribution < 1.29 is 0 Å². The summed E-state index contributed by atoms with van der Waals surface area (Å²) < 4.78 is 0. The Morgan fingerprint density at radius 2 is 1.78 bits per heavy atom. The Kier molecular flexibility index (Phi) is 3.19. The van der Waals surface area contributed by atoms with E-state index in [2.05, 4.69) is 43.0 Å². The molecule has 0 aromatic heterocycles. The molecular formula is C18H20. The fraction of sp³-hybridized carbons (Fsp3) is 0.333. The Morgan fingerprint density at radius 1 is 1.00 bits per heavy atom. The van der Waals surface area contributed by atoms with E-state index in [1.165, 1.54) is 54.0 Å². The highest BCUT2D eigenvalue weighted by Gasteiger charge is 2.16. The second kappa shape index (κ2) is 4.97. The van der Waals surface area contributed by atoms with E-state index in [1.54, 1.807) is 0 Å². The lowest BCUT2D eigenvalue weighted by Gasteiger charge is -2.23. The molecule has 3 rings (SSSR count). The molecule has 0 bridgehead atoms. The summed E-state index contributed by atoms with van der Waals surface area (Å²) in [6, 6.07) is 13.4. The number of benzene rings is 2. The van der Waals surface area contributed by atoms with Crippen LogP contribution >= 0.6 is 0 Å². The van der Waals surface area contributed by atoms with Crippen molar-refractivity contribution in [1.29, 1.82) is 0 Å². The van der Waals surface area contributed by atoms with Gasteiger partial charge in [0.05, 0.1) is 0 Å². The van der Waals surface area contributed by atoms with Gasteiger partial charge in [0.1, 0.15) is 0 Å². The van der Waals surface area contributed by atoms with Crippen molar-refractivity contribution in [1.82, 2.24) is 0 Å². The molecule has 0 nitrogen and oxygen atoms in total. The minimum Gasteiger partial charge on any atom is -0.0984 e. The summed E-state index contributed by atoms with van der Waals surface area (Å²) in [7, 11) is 0. The lowest BCUT2D eigenvalue weighted by molar-refractivity contribution is 0.444. The molecule has 0 atom stereocenters. The van der Waals surface area contributed by atoms with Gasteiger partial charge >= 0.3 is 0 Å². The molecule has 2 aromatic rings. The third kappa shape index (κ3) is 2.08. The monoisotopic (exact) mass is 236 g/mol. The maximum absolute atomic E-state index is 3.97. The predicted octanol–water partition coefficient (Wildman–Crippen LogP) is 5.53. The second-order valence-electron chi connectivity index (χ2n) is 5.37. The lowest BCUT2D eigenvalue weighted by Crippen LogP contribution is -2.04. The Bertz CT molecular complexity index is 559. The Hall–Kier alpha value is -1.56. The zero-order valence-corrected chi connectivity index (χ0v) is 10.9. The fourth-order valence-electron chi connectivity index (χ4n) is 3.20. The minimum absolute atomic E-state index is 0.766. The van der Waals surface area contributed by atoms with Crippen LogP contribution in [0.25, 0.3) is 16.8 Å². The number of rotatable bonds is 2. The van der Waals surface area contributed by atoms with Crippen LogP contribution in [0.15, 0.2) is 43.0 Å². The molecule has 2 aromatic carbocycles. The van der Waals surface area contributed by atoms with Crippen LogP contribution in [0.3, 0.4) is 0 Å². The molecule has 1 fully saturated rings. The molecule has 18 heavy (non-hydrogen) atoms. The van der Waals surface area contributed by atoms with E-state index in [0.29, 0.717) is 0 Å². The SMILES string of the molecule is C=Cc1cc(C2CCCCC2)cc2ccccc12. The first-order valence-corrected chi connectivity index (χ1v) is 7.03. The van der Waals surface area contributed by atoms with Gasteiger partial charge in [-0.05, 0) is 40.7 Å². The standard InChI is InChI=1S/C18H20/c1-2-14-12-17(15-8-4-3-5-9-15)13-16-10-6-7-11-18(14)16/h2,6-7,10-13,15H,1,3-5,8-9H2. The largest absolute Gasteiger partial charge is 0.0984 e. The van der Waals surface area contributed by atoms with E-state index < -0.39 is 0 Å². The van der Waals surface area contributed by atoms with Gasteiger partial charge in [-0.1, -0.05) is 68.3 Å². The van der Waals surface area contributed by atoms with Crippen LogP contribution in [0, 0.1) is 0 Å². The molecule has 0 heterocycles. The summed E-state index contributed by atoms with van der Waals surface area (Å²) in [5.74, 6) is 0.766. The molecule has 1 aliphatic rings. The average Bonchev–Trinajstić information content (AvgIpc) is 2.47. The topological polar surface area (TPSA) is 0 Å². The molecule has 0 amide bonds. The first-order chi connectivity index (χ1) is 8.88. The number of fused-ring (bicyclic) bond motifs is 1. The van der Waals surface area contributed by atoms with E-state index in [0.717, 1.165) is 5.92 Å². The summed E-state index contributed by atoms with van der Waals surface area (Å²) in [6.07, 6.45) is 8.90. The molecule has 0 radical (unpaired) electrons. The van der Waals surface area contributed by atoms with Gasteiger partial charge in [0.15, 0.2) is 0 Å². The molecule has 0 aliphatic heterocycles. The summed E-state index contributed by atoms with van der Waals surface area (Å²) in [4.78, 5) is 0. The van der Waals surface area contributed by atoms with Crippen molar-refractivity contribution in [3.8, 4) is 0 Å². The predicted molar refractivity (Wildman–Crippen MR) is 79.9 cm³/mol. The van der Waals surface area contributed by atoms with Crippen LogP contribution in [0.5, 0.6) is 0 Å². The average molecular weight is 236 g/mol. The van der Waals surface area contributed by atoms with Gasteiger partial charge in [-0.25, -0.2) is 0 Å². The van der Waals surface area contributed by atoms with Crippen LogP contribution in [0.1, 0.15) is 49.1 Å². The maximum atomic E-state index is 3.97. The number of hydrogen-bond donors (Lipinski definition) is 0. The first kappa shape index (κ1) is 11.5. The van der Waals surface area contributed by atoms with Gasteiger partial charge in [0.2, 0.25) is 0 Å². The highest BCUT2D eigenvalue weighted by molar-refractivity contribution is 5.91. The van der Waals surface area contributed by atoms with Crippen molar-refractivity contribution in [2.45, 2.75) is 38.0 Å². The van der Waals surface area contributed by atoms with Gasteiger partial charge in [0, 0.05) is 0 Å². The van der Waals surface area contributed by atoms with Gasteiger partial charge in [0.25, 0.3) is 0 Å². The normalized spacial score (nSPS) is 16.9. The summed E-state index contributed by atoms with van der Waals surface area (Å²) >= 11 is 0. The third-order valence-corrected chi connectivity index (χ3v) is 4.21. The number of hydrogen-bond acceptors (Lipinski definition) is 0. The van der Waals surface area contributed by atoms with Crippen LogP contribution in [0.4, 0.5) is 0 Å². The van der Waals surface area contributed by atoms with Crippen molar-refractivity contribution in [2.24, 2.45) is 0 Å². The second-order valence-corrected chi connectivity index (χ2v) is 5.37. The summed E-state index contributed by atoms with van der Waals surface area (Å²) in [6.45, 7) is 3.97. The van der Waals surface area contributed by atoms with E-state index in [1.807, 2.05) is 6.08 Å². The first-order valence-electron chi connectivity index (χ1n) is 7.03. The smallest absolute Gasteiger partial charge is 0.0111 e. The van der Waals surface area contributed by atoms with Gasteiger partial charge in [-0.15, -0.1) is 0 Å². The Labute approximate surface area is 109 Å². The zero-order chi connectivity index (χ0) is 12.4. The van der Waals surface area contributed by atoms with Gasteiger partial charge < -0.3 is 0 Å². The van der Waals surface area contributed by atoms with Crippen molar-refractivity contribution in [3.05, 3.63) is 54.1 Å². The Morgan fingerprint density at radius 3 is 2.56 bits per heavy atom. The molecule has 1 saturated carbocycles. The van der Waals surface area contributed by atoms with Crippen LogP contribution in [-0.2, 0) is 0 Å². The van der Waals surface area contributed by atoms with Gasteiger partial charge in [-0.2, -0.15) is 0 Å². The van der Waals surface area contributed by atoms with Crippen molar-refractivity contribution in [3.63, 3.8) is 0 Å². The molecule has 92 valence electrons. The molecule has 0 saturated heterocycles. The zero-order valence-electron chi connectivity index (χ0n) is 10.9. The van der Waals surface area contributed by atoms with E-state index in [-0.39, 0.29) is 0 Å². The highest BCUT2D eigenvalue weighted by atomic mass is 14.2. The minimum atomic E-state index is 0.766. The van der Waals surface area contributed by atoms with E-state index in [4.69, 9.17) is 0 Å². The quantitative estimate of drug-likeness (QED) is 0.643. The molecule has 0 spiro atoms. The Balaban J connectivity index is 2.09. The summed E-state index contributed by atoms with van der Waals surface area (Å²) in [5.41, 5.74) is 2.80. The lowest BCUT2D eigenvalue weighted by atomic mass is 9.82. The van der Waals surface area contributed by atoms with Crippen molar-refractivity contribution in [2.75, 3.05) is 0 Å². The van der Waals surface area contributed by atoms with Gasteiger partial charge in [-0.3, -0.25) is 0 Å². The third-order valence-electron chi connectivity index (χ3n) is 4.21. The van der Waals surface area contributed by atoms with E-state index >= 15 is 0 Å². The maximum Gasteiger partial charge on any atom is -0.0111 e. The fourth-order valence-corrected chi connectivity index (χ4v) is 3.20. The molecule has 1 aliphatic carbocycles. The molecule has 0 heteroatoms. The van der Waals surface area contributed by atoms with Crippen LogP contribution in [0.2, 0.25) is 0 Å². The van der Waals surface area contributed by atoms with Crippen LogP contribution in [-0.4, -0.2) is 0 Å².